The molecule has 0 bridgehead atoms. The Morgan fingerprint density at radius 3 is 2.67 bits per heavy atom. The van der Waals surface area contributed by atoms with Gasteiger partial charge in [-0.3, -0.25) is 14.9 Å². The summed E-state index contributed by atoms with van der Waals surface area (Å²) in [5.41, 5.74) is 1.82. The predicted molar refractivity (Wildman–Crippen MR) is 151 cm³/mol. The Balaban J connectivity index is 1.47. The van der Waals surface area contributed by atoms with Gasteiger partial charge in [0.05, 0.1) is 35.7 Å². The van der Waals surface area contributed by atoms with Crippen LogP contribution in [0, 0.1) is 0 Å². The van der Waals surface area contributed by atoms with Gasteiger partial charge in [0, 0.05) is 35.2 Å². The van der Waals surface area contributed by atoms with Gasteiger partial charge in [0.25, 0.3) is 5.56 Å². The highest BCUT2D eigenvalue weighted by Gasteiger charge is 2.45. The van der Waals surface area contributed by atoms with E-state index in [-0.39, 0.29) is 68.3 Å². The number of carbonyl (C=O) groups is 2. The number of aliphatic hydroxyl groups is 1. The summed E-state index contributed by atoms with van der Waals surface area (Å²) in [4.78, 5) is 46.1. The second kappa shape index (κ2) is 10.7. The first-order valence-corrected chi connectivity index (χ1v) is 14.1. The maximum Gasteiger partial charge on any atom is 0.343 e. The van der Waals surface area contributed by atoms with E-state index in [1.165, 1.54) is 0 Å². The van der Waals surface area contributed by atoms with Gasteiger partial charge in [-0.15, -0.1) is 0 Å². The molecule has 0 spiro atoms. The van der Waals surface area contributed by atoms with Crippen LogP contribution in [-0.2, 0) is 44.2 Å². The molecule has 12 nitrogen and oxygen atoms in total. The molecule has 42 heavy (non-hydrogen) atoms. The maximum absolute atomic E-state index is 13.7. The Bertz CT molecular complexity index is 1670. The summed E-state index contributed by atoms with van der Waals surface area (Å²) in [5.74, 6) is 0.292. The van der Waals surface area contributed by atoms with E-state index < -0.39 is 11.6 Å². The highest BCUT2D eigenvalue weighted by Crippen LogP contribution is 2.43. The minimum Gasteiger partial charge on any atom is -0.458 e. The third-order valence-electron chi connectivity index (χ3n) is 8.32. The zero-order chi connectivity index (χ0) is 29.8. The van der Waals surface area contributed by atoms with Crippen molar-refractivity contribution in [2.24, 2.45) is 0 Å². The molecular formula is C30H34N4O8. The molecule has 222 valence electrons. The number of hydrogen-bond acceptors (Lipinski definition) is 10. The third kappa shape index (κ3) is 4.41. The molecule has 3 aromatic rings. The summed E-state index contributed by atoms with van der Waals surface area (Å²) in [6.45, 7) is 6.40. The Labute approximate surface area is 242 Å². The molecule has 0 saturated carbocycles. The van der Waals surface area contributed by atoms with E-state index in [1.54, 1.807) is 29.5 Å². The fraction of sp³-hybridized carbons (Fsp3) is 0.467. The molecule has 0 aliphatic carbocycles. The van der Waals surface area contributed by atoms with Crippen LogP contribution in [0.15, 0.2) is 23.0 Å². The molecule has 0 radical (unpaired) electrons. The summed E-state index contributed by atoms with van der Waals surface area (Å²) >= 11 is 0. The van der Waals surface area contributed by atoms with Crippen molar-refractivity contribution >= 4 is 22.8 Å². The monoisotopic (exact) mass is 578 g/mol. The molecule has 6 rings (SSSR count). The topological polar surface area (TPSA) is 141 Å². The highest BCUT2D eigenvalue weighted by molar-refractivity contribution is 5.91. The summed E-state index contributed by atoms with van der Waals surface area (Å²) in [7, 11) is 1.75. The number of pyridine rings is 2. The zero-order valence-corrected chi connectivity index (χ0v) is 24.1. The molecule has 3 aliphatic rings. The van der Waals surface area contributed by atoms with Crippen molar-refractivity contribution in [1.29, 1.82) is 0 Å². The van der Waals surface area contributed by atoms with Gasteiger partial charge >= 0.3 is 5.97 Å². The van der Waals surface area contributed by atoms with E-state index in [0.717, 1.165) is 16.5 Å². The molecule has 1 amide bonds. The van der Waals surface area contributed by atoms with Crippen molar-refractivity contribution in [2.75, 3.05) is 33.7 Å². The number of carbonyl (C=O) groups excluding carboxylic acids is 2. The summed E-state index contributed by atoms with van der Waals surface area (Å²) < 4.78 is 23.5. The molecule has 0 fully saturated rings. The van der Waals surface area contributed by atoms with E-state index >= 15 is 0 Å². The van der Waals surface area contributed by atoms with Gasteiger partial charge < -0.3 is 33.5 Å². The lowest BCUT2D eigenvalue weighted by atomic mass is 9.86. The van der Waals surface area contributed by atoms with Crippen LogP contribution in [0.1, 0.15) is 49.4 Å². The number of amides is 1. The molecule has 3 aliphatic heterocycles. The summed E-state index contributed by atoms with van der Waals surface area (Å²) in [6.07, 6.45) is 0.547. The Morgan fingerprint density at radius 2 is 1.95 bits per heavy atom. The molecule has 5 heterocycles. The zero-order valence-electron chi connectivity index (χ0n) is 24.1. The Kier molecular flexibility index (Phi) is 7.16. The number of benzene rings is 1. The number of rotatable bonds is 9. The van der Waals surface area contributed by atoms with Gasteiger partial charge in [0.1, 0.15) is 13.2 Å². The number of aromatic nitrogens is 2. The van der Waals surface area contributed by atoms with Crippen LogP contribution in [0.4, 0.5) is 0 Å². The van der Waals surface area contributed by atoms with Gasteiger partial charge in [0.15, 0.2) is 17.1 Å². The molecule has 12 heteroatoms. The summed E-state index contributed by atoms with van der Waals surface area (Å²) in [5, 5.41) is 15.0. The minimum atomic E-state index is -1.91. The number of fused-ring (bicyclic) bond motifs is 6. The van der Waals surface area contributed by atoms with Crippen LogP contribution in [0.3, 0.4) is 0 Å². The van der Waals surface area contributed by atoms with E-state index in [2.05, 4.69) is 5.32 Å². The SMILES string of the molecule is CC[C@@]1(O)C(=O)OCc2c1cc1n(c2=O)Cc2c-1nc1cc3c(cc1c2CCN(C(=O)COCNC)C(C)C)OCO3. The fourth-order valence-corrected chi connectivity index (χ4v) is 6.06. The normalized spacial score (nSPS) is 18.2. The van der Waals surface area contributed by atoms with Crippen molar-refractivity contribution in [3.8, 4) is 22.9 Å². The molecular weight excluding hydrogens is 544 g/mol. The van der Waals surface area contributed by atoms with Crippen LogP contribution in [0.2, 0.25) is 0 Å². The number of hydrogen-bond donors (Lipinski definition) is 2. The quantitative estimate of drug-likeness (QED) is 0.172. The lowest BCUT2D eigenvalue weighted by Gasteiger charge is -2.31. The van der Waals surface area contributed by atoms with Gasteiger partial charge in [-0.2, -0.15) is 0 Å². The van der Waals surface area contributed by atoms with Crippen molar-refractivity contribution in [2.45, 2.75) is 58.4 Å². The Hall–Kier alpha value is -4.00. The number of nitrogens with zero attached hydrogens (tertiary/aromatic N) is 3. The first kappa shape index (κ1) is 28.1. The molecule has 1 atom stereocenters. The lowest BCUT2D eigenvalue weighted by molar-refractivity contribution is -0.172. The first-order valence-electron chi connectivity index (χ1n) is 14.1. The smallest absolute Gasteiger partial charge is 0.343 e. The summed E-state index contributed by atoms with van der Waals surface area (Å²) in [6, 6.07) is 5.35. The van der Waals surface area contributed by atoms with Gasteiger partial charge in [-0.1, -0.05) is 6.92 Å². The second-order valence-electron chi connectivity index (χ2n) is 11.0. The van der Waals surface area contributed by atoms with Crippen LogP contribution in [0.5, 0.6) is 11.5 Å². The Morgan fingerprint density at radius 1 is 1.19 bits per heavy atom. The van der Waals surface area contributed by atoms with Gasteiger partial charge in [-0.05, 0) is 51.4 Å². The van der Waals surface area contributed by atoms with Crippen molar-refractivity contribution in [3.05, 3.63) is 50.8 Å². The molecule has 0 saturated heterocycles. The minimum absolute atomic E-state index is 0.0412. The van der Waals surface area contributed by atoms with Crippen LogP contribution in [-0.4, -0.2) is 71.2 Å². The molecule has 2 N–H and O–H groups in total. The average molecular weight is 579 g/mol. The van der Waals surface area contributed by atoms with Gasteiger partial charge in [-0.25, -0.2) is 9.78 Å². The third-order valence-corrected chi connectivity index (χ3v) is 8.32. The van der Waals surface area contributed by atoms with E-state index in [0.29, 0.717) is 41.4 Å². The van der Waals surface area contributed by atoms with Crippen molar-refractivity contribution < 1.29 is 33.6 Å². The molecule has 2 aromatic heterocycles. The standard InChI is InChI=1S/C30H34N4O8/c1-5-30(38)21-9-23-27-19(11-34(23)28(36)20(21)12-40-29(30)37)17(6-7-33(16(2)3)26(35)13-39-14-31-4)18-8-24-25(42-15-41-24)10-22(18)32-27/h8-10,16,31,38H,5-7,11-15H2,1-4H3/t30-/m0/s1. The van der Waals surface area contributed by atoms with E-state index in [9.17, 15) is 19.5 Å². The number of nitrogens with one attached hydrogen (secondary N) is 1. The van der Waals surface area contributed by atoms with Crippen LogP contribution >= 0.6 is 0 Å². The molecule has 0 unspecified atom stereocenters. The maximum atomic E-state index is 13.7. The van der Waals surface area contributed by atoms with E-state index in [1.807, 2.05) is 26.0 Å². The lowest BCUT2D eigenvalue weighted by Crippen LogP contribution is -2.44. The number of cyclic esters (lactones) is 1. The van der Waals surface area contributed by atoms with Crippen molar-refractivity contribution in [1.82, 2.24) is 19.8 Å². The largest absolute Gasteiger partial charge is 0.458 e. The average Bonchev–Trinajstić information content (AvgIpc) is 3.58. The van der Waals surface area contributed by atoms with Gasteiger partial charge in [0.2, 0.25) is 12.7 Å². The first-order chi connectivity index (χ1) is 20.2. The van der Waals surface area contributed by atoms with Crippen LogP contribution < -0.4 is 20.3 Å². The van der Waals surface area contributed by atoms with Crippen molar-refractivity contribution in [3.63, 3.8) is 0 Å². The second-order valence-corrected chi connectivity index (χ2v) is 11.0. The molecule has 1 aromatic carbocycles. The highest BCUT2D eigenvalue weighted by atomic mass is 16.7. The van der Waals surface area contributed by atoms with E-state index in [4.69, 9.17) is 23.9 Å². The number of ether oxygens (including phenoxy) is 4. The predicted octanol–water partition coefficient (Wildman–Crippen LogP) is 1.78. The number of esters is 1. The van der Waals surface area contributed by atoms with Crippen LogP contribution in [0.25, 0.3) is 22.3 Å². The fourth-order valence-electron chi connectivity index (χ4n) is 6.06.